The van der Waals surface area contributed by atoms with Gasteiger partial charge in [0.2, 0.25) is 5.82 Å². The Labute approximate surface area is 114 Å². The molecule has 0 aliphatic heterocycles. The van der Waals surface area contributed by atoms with E-state index >= 15 is 0 Å². The number of nitrogens with zero attached hydrogens (tertiary/aromatic N) is 3. The fourth-order valence-electron chi connectivity index (χ4n) is 1.93. The highest BCUT2D eigenvalue weighted by atomic mass is 35.5. The average Bonchev–Trinajstić information content (AvgIpc) is 2.58. The molecule has 7 heteroatoms. The van der Waals surface area contributed by atoms with Gasteiger partial charge in [-0.15, -0.1) is 0 Å². The summed E-state index contributed by atoms with van der Waals surface area (Å²) in [5.41, 5.74) is 7.90. The zero-order chi connectivity index (χ0) is 14.2. The molecule has 0 amide bonds. The molecule has 1 aromatic carbocycles. The third-order valence-electron chi connectivity index (χ3n) is 2.94. The van der Waals surface area contributed by atoms with E-state index in [4.69, 9.17) is 17.3 Å². The van der Waals surface area contributed by atoms with Crippen molar-refractivity contribution in [2.45, 2.75) is 20.4 Å². The molecule has 0 fully saturated rings. The van der Waals surface area contributed by atoms with E-state index in [0.717, 1.165) is 11.1 Å². The van der Waals surface area contributed by atoms with Crippen molar-refractivity contribution in [1.82, 2.24) is 9.78 Å². The summed E-state index contributed by atoms with van der Waals surface area (Å²) >= 11 is 5.89. The molecule has 1 heterocycles. The molecule has 0 unspecified atom stereocenters. The highest BCUT2D eigenvalue weighted by Gasteiger charge is 2.22. The number of hydrogen-bond acceptors (Lipinski definition) is 4. The second-order valence-corrected chi connectivity index (χ2v) is 4.74. The summed E-state index contributed by atoms with van der Waals surface area (Å²) in [7, 11) is 0. The minimum Gasteiger partial charge on any atom is -0.378 e. The van der Waals surface area contributed by atoms with Crippen molar-refractivity contribution in [1.29, 1.82) is 0 Å². The number of anilines is 1. The minimum absolute atomic E-state index is 0.0665. The standard InChI is InChI=1S/C12H13ClN4O2/c1-7-5-10(13)4-3-9(7)6-16-12(14)11(17(18)19)8(2)15-16/h3-5H,6,14H2,1-2H3. The lowest BCUT2D eigenvalue weighted by Crippen LogP contribution is -2.07. The number of nitrogen functional groups attached to an aromatic ring is 1. The molecule has 0 saturated heterocycles. The summed E-state index contributed by atoms with van der Waals surface area (Å²) in [5, 5.41) is 15.6. The van der Waals surface area contributed by atoms with E-state index in [9.17, 15) is 10.1 Å². The molecule has 2 N–H and O–H groups in total. The average molecular weight is 281 g/mol. The molecule has 0 saturated carbocycles. The maximum Gasteiger partial charge on any atom is 0.333 e. The molecule has 0 aliphatic carbocycles. The smallest absolute Gasteiger partial charge is 0.333 e. The van der Waals surface area contributed by atoms with Crippen molar-refractivity contribution in [2.75, 3.05) is 5.73 Å². The number of nitro groups is 1. The van der Waals surface area contributed by atoms with Crippen LogP contribution in [-0.4, -0.2) is 14.7 Å². The quantitative estimate of drug-likeness (QED) is 0.692. The number of halogens is 1. The molecule has 0 spiro atoms. The topological polar surface area (TPSA) is 87.0 Å². The summed E-state index contributed by atoms with van der Waals surface area (Å²) in [4.78, 5) is 10.4. The van der Waals surface area contributed by atoms with Crippen LogP contribution in [0.5, 0.6) is 0 Å². The lowest BCUT2D eigenvalue weighted by Gasteiger charge is -2.07. The van der Waals surface area contributed by atoms with Gasteiger partial charge in [-0.05, 0) is 37.1 Å². The van der Waals surface area contributed by atoms with E-state index < -0.39 is 4.92 Å². The van der Waals surface area contributed by atoms with E-state index in [-0.39, 0.29) is 11.5 Å². The summed E-state index contributed by atoms with van der Waals surface area (Å²) in [6.45, 7) is 3.87. The summed E-state index contributed by atoms with van der Waals surface area (Å²) in [6, 6.07) is 5.46. The minimum atomic E-state index is -0.511. The van der Waals surface area contributed by atoms with E-state index in [0.29, 0.717) is 17.3 Å². The zero-order valence-corrected chi connectivity index (χ0v) is 11.3. The second kappa shape index (κ2) is 4.89. The van der Waals surface area contributed by atoms with Crippen molar-refractivity contribution >= 4 is 23.1 Å². The summed E-state index contributed by atoms with van der Waals surface area (Å²) in [5.74, 6) is 0.0665. The number of rotatable bonds is 3. The molecule has 0 atom stereocenters. The molecule has 100 valence electrons. The first-order valence-electron chi connectivity index (χ1n) is 5.62. The Morgan fingerprint density at radius 2 is 2.16 bits per heavy atom. The van der Waals surface area contributed by atoms with Gasteiger partial charge in [0.05, 0.1) is 11.5 Å². The molecule has 0 aliphatic rings. The monoisotopic (exact) mass is 280 g/mol. The highest BCUT2D eigenvalue weighted by molar-refractivity contribution is 6.30. The molecule has 2 rings (SSSR count). The second-order valence-electron chi connectivity index (χ2n) is 4.30. The Balaban J connectivity index is 2.39. The van der Waals surface area contributed by atoms with Gasteiger partial charge in [-0.3, -0.25) is 10.1 Å². The van der Waals surface area contributed by atoms with E-state index in [1.807, 2.05) is 19.1 Å². The van der Waals surface area contributed by atoms with E-state index in [1.165, 1.54) is 4.68 Å². The van der Waals surface area contributed by atoms with E-state index in [1.54, 1.807) is 13.0 Å². The maximum atomic E-state index is 10.9. The van der Waals surface area contributed by atoms with Crippen LogP contribution in [0.4, 0.5) is 11.5 Å². The highest BCUT2D eigenvalue weighted by Crippen LogP contribution is 2.26. The molecular weight excluding hydrogens is 268 g/mol. The molecule has 19 heavy (non-hydrogen) atoms. The summed E-state index contributed by atoms with van der Waals surface area (Å²) < 4.78 is 1.43. The molecule has 0 bridgehead atoms. The Morgan fingerprint density at radius 3 is 2.68 bits per heavy atom. The van der Waals surface area contributed by atoms with Gasteiger partial charge in [0.15, 0.2) is 0 Å². The van der Waals surface area contributed by atoms with Crippen LogP contribution < -0.4 is 5.73 Å². The van der Waals surface area contributed by atoms with Gasteiger partial charge in [-0.2, -0.15) is 5.10 Å². The van der Waals surface area contributed by atoms with Crippen LogP contribution in [-0.2, 0) is 6.54 Å². The Morgan fingerprint density at radius 1 is 1.47 bits per heavy atom. The SMILES string of the molecule is Cc1cc(Cl)ccc1Cn1nc(C)c([N+](=O)[O-])c1N. The fraction of sp³-hybridized carbons (Fsp3) is 0.250. The van der Waals surface area contributed by atoms with Crippen LogP contribution in [0, 0.1) is 24.0 Å². The number of nitrogens with two attached hydrogens (primary N) is 1. The van der Waals surface area contributed by atoms with E-state index in [2.05, 4.69) is 5.10 Å². The van der Waals surface area contributed by atoms with Crippen molar-refractivity contribution in [2.24, 2.45) is 0 Å². The first kappa shape index (κ1) is 13.4. The molecule has 6 nitrogen and oxygen atoms in total. The third kappa shape index (κ3) is 2.53. The van der Waals surface area contributed by atoms with Crippen molar-refractivity contribution in [3.63, 3.8) is 0 Å². The maximum absolute atomic E-state index is 10.9. The number of benzene rings is 1. The Hall–Kier alpha value is -2.08. The predicted octanol–water partition coefficient (Wildman–Crippen LogP) is 2.69. The zero-order valence-electron chi connectivity index (χ0n) is 10.6. The third-order valence-corrected chi connectivity index (χ3v) is 3.18. The number of hydrogen-bond donors (Lipinski definition) is 1. The van der Waals surface area contributed by atoms with Crippen LogP contribution in [0.25, 0.3) is 0 Å². The number of aryl methyl sites for hydroxylation is 2. The van der Waals surface area contributed by atoms with Gasteiger partial charge >= 0.3 is 5.69 Å². The van der Waals surface area contributed by atoms with Crippen LogP contribution in [0.3, 0.4) is 0 Å². The Bertz CT molecular complexity index is 651. The van der Waals surface area contributed by atoms with Gasteiger partial charge in [0.25, 0.3) is 0 Å². The normalized spacial score (nSPS) is 10.7. The van der Waals surface area contributed by atoms with Crippen LogP contribution in [0.2, 0.25) is 5.02 Å². The van der Waals surface area contributed by atoms with Gasteiger partial charge < -0.3 is 5.73 Å². The van der Waals surface area contributed by atoms with Crippen molar-refractivity contribution < 1.29 is 4.92 Å². The van der Waals surface area contributed by atoms with Crippen LogP contribution in [0.15, 0.2) is 18.2 Å². The first-order chi connectivity index (χ1) is 8.90. The molecular formula is C12H13ClN4O2. The summed E-state index contributed by atoms with van der Waals surface area (Å²) in [6.07, 6.45) is 0. The lowest BCUT2D eigenvalue weighted by atomic mass is 10.1. The number of aromatic nitrogens is 2. The molecule has 1 aromatic heterocycles. The van der Waals surface area contributed by atoms with Crippen molar-refractivity contribution in [3.05, 3.63) is 50.2 Å². The molecule has 0 radical (unpaired) electrons. The lowest BCUT2D eigenvalue weighted by molar-refractivity contribution is -0.384. The first-order valence-corrected chi connectivity index (χ1v) is 6.00. The van der Waals surface area contributed by atoms with Crippen molar-refractivity contribution in [3.8, 4) is 0 Å². The van der Waals surface area contributed by atoms with Gasteiger partial charge in [0, 0.05) is 5.02 Å². The van der Waals surface area contributed by atoms with Crippen LogP contribution in [0.1, 0.15) is 16.8 Å². The Kier molecular flexibility index (Phi) is 3.44. The fourth-order valence-corrected chi connectivity index (χ4v) is 2.16. The van der Waals surface area contributed by atoms with Crippen LogP contribution >= 0.6 is 11.6 Å². The predicted molar refractivity (Wildman–Crippen MR) is 73.3 cm³/mol. The molecule has 2 aromatic rings. The van der Waals surface area contributed by atoms with Gasteiger partial charge in [-0.25, -0.2) is 4.68 Å². The van der Waals surface area contributed by atoms with Gasteiger partial charge in [0.1, 0.15) is 5.69 Å². The van der Waals surface area contributed by atoms with Gasteiger partial charge in [-0.1, -0.05) is 17.7 Å². The largest absolute Gasteiger partial charge is 0.378 e.